The fraction of sp³-hybridized carbons (Fsp3) is 0.538. The summed E-state index contributed by atoms with van der Waals surface area (Å²) >= 11 is 3.65. The van der Waals surface area contributed by atoms with Crippen LogP contribution in [0.5, 0.6) is 5.75 Å². The zero-order valence-electron chi connectivity index (χ0n) is 10.3. The first-order valence-electron chi connectivity index (χ1n) is 5.90. The Morgan fingerprint density at radius 3 is 2.94 bits per heavy atom. The Bertz CT molecular complexity index is 406. The van der Waals surface area contributed by atoms with Crippen molar-refractivity contribution in [2.75, 3.05) is 0 Å². The van der Waals surface area contributed by atoms with Crippen LogP contribution in [-0.2, 0) is 6.42 Å². The Labute approximate surface area is 111 Å². The summed E-state index contributed by atoms with van der Waals surface area (Å²) in [5, 5.41) is 9.98. The van der Waals surface area contributed by atoms with Gasteiger partial charge < -0.3 is 10.8 Å². The summed E-state index contributed by atoms with van der Waals surface area (Å²) < 4.78 is 0.0744. The van der Waals surface area contributed by atoms with Crippen LogP contribution >= 0.6 is 23.5 Å². The van der Waals surface area contributed by atoms with Crippen LogP contribution in [0.15, 0.2) is 23.1 Å². The first-order valence-corrected chi connectivity index (χ1v) is 7.60. The average Bonchev–Trinajstić information content (AvgIpc) is 2.20. The van der Waals surface area contributed by atoms with E-state index in [1.165, 1.54) is 4.90 Å². The third kappa shape index (κ3) is 3.57. The monoisotopic (exact) mass is 269 g/mol. The van der Waals surface area contributed by atoms with Crippen LogP contribution in [0.2, 0.25) is 0 Å². The van der Waals surface area contributed by atoms with E-state index >= 15 is 0 Å². The molecule has 1 aromatic carbocycles. The van der Waals surface area contributed by atoms with E-state index in [2.05, 4.69) is 19.9 Å². The molecule has 0 saturated heterocycles. The highest BCUT2D eigenvalue weighted by molar-refractivity contribution is 8.18. The van der Waals surface area contributed by atoms with Crippen LogP contribution in [0, 0.1) is 0 Å². The minimum atomic E-state index is 0.0744. The molecule has 1 atom stereocenters. The zero-order valence-corrected chi connectivity index (χ0v) is 11.9. The summed E-state index contributed by atoms with van der Waals surface area (Å²) in [7, 11) is 0. The molecule has 1 unspecified atom stereocenters. The Morgan fingerprint density at radius 1 is 1.41 bits per heavy atom. The van der Waals surface area contributed by atoms with Crippen molar-refractivity contribution < 1.29 is 5.11 Å². The fourth-order valence-electron chi connectivity index (χ4n) is 2.05. The maximum Gasteiger partial charge on any atom is 0.118 e. The van der Waals surface area contributed by atoms with E-state index in [1.54, 1.807) is 6.07 Å². The highest BCUT2D eigenvalue weighted by Crippen LogP contribution is 2.44. The lowest BCUT2D eigenvalue weighted by molar-refractivity contribution is 0.466. The quantitative estimate of drug-likeness (QED) is 0.756. The molecule has 0 aliphatic carbocycles. The van der Waals surface area contributed by atoms with Gasteiger partial charge in [-0.3, -0.25) is 0 Å². The van der Waals surface area contributed by atoms with Crippen LogP contribution in [0.4, 0.5) is 0 Å². The van der Waals surface area contributed by atoms with Gasteiger partial charge in [0, 0.05) is 4.90 Å². The summed E-state index contributed by atoms with van der Waals surface area (Å²) in [4.78, 5) is 1.21. The predicted octanol–water partition coefficient (Wildman–Crippen LogP) is 3.57. The summed E-state index contributed by atoms with van der Waals surface area (Å²) in [6.45, 7) is 4.41. The number of thioether (sulfide) groups is 2. The van der Waals surface area contributed by atoms with Gasteiger partial charge in [0.2, 0.25) is 0 Å². The van der Waals surface area contributed by atoms with E-state index in [0.29, 0.717) is 5.75 Å². The largest absolute Gasteiger partial charge is 0.508 e. The molecule has 0 amide bonds. The molecule has 1 heterocycles. The number of phenols is 1. The lowest BCUT2D eigenvalue weighted by atomic mass is 10.1. The van der Waals surface area contributed by atoms with Crippen molar-refractivity contribution in [2.45, 2.75) is 47.5 Å². The molecule has 0 saturated carbocycles. The van der Waals surface area contributed by atoms with Crippen LogP contribution in [0.1, 0.15) is 32.3 Å². The summed E-state index contributed by atoms with van der Waals surface area (Å²) in [5.41, 5.74) is 7.17. The second-order valence-electron chi connectivity index (χ2n) is 4.84. The Morgan fingerprint density at radius 2 is 2.18 bits per heavy atom. The Hall–Kier alpha value is -0.320. The molecular weight excluding hydrogens is 250 g/mol. The minimum Gasteiger partial charge on any atom is -0.508 e. The third-order valence-electron chi connectivity index (χ3n) is 2.78. The second kappa shape index (κ2) is 5.12. The van der Waals surface area contributed by atoms with Crippen molar-refractivity contribution >= 4 is 23.5 Å². The molecule has 1 aromatic rings. The smallest absolute Gasteiger partial charge is 0.118 e. The van der Waals surface area contributed by atoms with Crippen molar-refractivity contribution in [3.05, 3.63) is 23.8 Å². The number of fused-ring (bicyclic) bond motifs is 2. The molecule has 3 N–H and O–H groups in total. The zero-order chi connectivity index (χ0) is 12.5. The van der Waals surface area contributed by atoms with E-state index < -0.39 is 0 Å². The number of benzene rings is 1. The molecule has 0 fully saturated rings. The number of nitrogens with two attached hydrogens (primary N) is 1. The third-order valence-corrected chi connectivity index (χ3v) is 5.41. The number of rotatable bonds is 0. The number of hydrogen-bond acceptors (Lipinski definition) is 4. The normalized spacial score (nSPS) is 24.3. The number of aryl methyl sites for hydroxylation is 1. The molecule has 2 nitrogen and oxygen atoms in total. The summed E-state index contributed by atoms with van der Waals surface area (Å²) in [6.07, 6.45) is 2.94. The van der Waals surface area contributed by atoms with Gasteiger partial charge in [0.1, 0.15) is 5.75 Å². The predicted molar refractivity (Wildman–Crippen MR) is 76.5 cm³/mol. The highest BCUT2D eigenvalue weighted by Gasteiger charge is 2.24. The van der Waals surface area contributed by atoms with Crippen molar-refractivity contribution in [3.63, 3.8) is 0 Å². The molecule has 0 radical (unpaired) electrons. The van der Waals surface area contributed by atoms with Gasteiger partial charge in [-0.25, -0.2) is 0 Å². The van der Waals surface area contributed by atoms with Gasteiger partial charge in [-0.15, -0.1) is 23.5 Å². The maximum absolute atomic E-state index is 9.80. The van der Waals surface area contributed by atoms with Crippen LogP contribution < -0.4 is 5.73 Å². The SMILES string of the molecule is CC1(C)Sc2ccc(O)c(c2)CCCC(N)S1. The van der Waals surface area contributed by atoms with E-state index in [4.69, 9.17) is 5.73 Å². The van der Waals surface area contributed by atoms with Crippen molar-refractivity contribution in [2.24, 2.45) is 5.73 Å². The van der Waals surface area contributed by atoms with E-state index in [9.17, 15) is 5.11 Å². The first kappa shape index (κ1) is 13.1. The maximum atomic E-state index is 9.80. The molecule has 94 valence electrons. The minimum absolute atomic E-state index is 0.0744. The van der Waals surface area contributed by atoms with E-state index in [0.717, 1.165) is 24.8 Å². The average molecular weight is 269 g/mol. The summed E-state index contributed by atoms with van der Waals surface area (Å²) in [5.74, 6) is 0.411. The lowest BCUT2D eigenvalue weighted by Gasteiger charge is -2.28. The van der Waals surface area contributed by atoms with Crippen LogP contribution in [-0.4, -0.2) is 14.6 Å². The van der Waals surface area contributed by atoms with Crippen LogP contribution in [0.3, 0.4) is 0 Å². The summed E-state index contributed by atoms with van der Waals surface area (Å²) in [6, 6.07) is 5.90. The second-order valence-corrected chi connectivity index (χ2v) is 8.66. The van der Waals surface area contributed by atoms with Gasteiger partial charge >= 0.3 is 0 Å². The first-order chi connectivity index (χ1) is 7.96. The number of hydrogen-bond donors (Lipinski definition) is 2. The molecule has 17 heavy (non-hydrogen) atoms. The molecule has 0 aromatic heterocycles. The number of aromatic hydroxyl groups is 1. The molecule has 1 aliphatic heterocycles. The van der Waals surface area contributed by atoms with Crippen molar-refractivity contribution in [3.8, 4) is 5.75 Å². The topological polar surface area (TPSA) is 46.2 Å². The van der Waals surface area contributed by atoms with Gasteiger partial charge in [-0.05, 0) is 56.9 Å². The Balaban J connectivity index is 2.30. The van der Waals surface area contributed by atoms with Gasteiger partial charge in [-0.1, -0.05) is 0 Å². The van der Waals surface area contributed by atoms with Crippen molar-refractivity contribution in [1.29, 1.82) is 0 Å². The lowest BCUT2D eigenvalue weighted by Crippen LogP contribution is -2.23. The molecule has 2 rings (SSSR count). The Kier molecular flexibility index (Phi) is 3.95. The van der Waals surface area contributed by atoms with Gasteiger partial charge in [0.15, 0.2) is 0 Å². The fourth-order valence-corrected chi connectivity index (χ4v) is 4.82. The highest BCUT2D eigenvalue weighted by atomic mass is 32.2. The van der Waals surface area contributed by atoms with E-state index in [-0.39, 0.29) is 9.45 Å². The molecule has 0 spiro atoms. The standard InChI is InChI=1S/C13H19NOS2/c1-13(2)16-10-6-7-11(15)9(8-10)4-3-5-12(14)17-13/h6-8,12,15H,3-5,14H2,1-2H3. The molecule has 1 aliphatic rings. The van der Waals surface area contributed by atoms with Gasteiger partial charge in [0.05, 0.1) is 9.45 Å². The van der Waals surface area contributed by atoms with Gasteiger partial charge in [0.25, 0.3) is 0 Å². The molecule has 2 bridgehead atoms. The van der Waals surface area contributed by atoms with Gasteiger partial charge in [-0.2, -0.15) is 0 Å². The molecule has 4 heteroatoms. The van der Waals surface area contributed by atoms with Crippen molar-refractivity contribution in [1.82, 2.24) is 0 Å². The van der Waals surface area contributed by atoms with E-state index in [1.807, 2.05) is 29.6 Å². The van der Waals surface area contributed by atoms with Crippen LogP contribution in [0.25, 0.3) is 0 Å². The number of phenolic OH excluding ortho intramolecular Hbond substituents is 1. The molecular formula is C13H19NOS2.